The van der Waals surface area contributed by atoms with Gasteiger partial charge in [-0.2, -0.15) is 0 Å². The first-order valence-electron chi connectivity index (χ1n) is 5.81. The number of rotatable bonds is 6. The minimum Gasteiger partial charge on any atom is -0.476 e. The van der Waals surface area contributed by atoms with E-state index in [0.717, 1.165) is 5.56 Å². The van der Waals surface area contributed by atoms with E-state index in [-0.39, 0.29) is 18.0 Å². The van der Waals surface area contributed by atoms with Gasteiger partial charge in [-0.3, -0.25) is 0 Å². The first kappa shape index (κ1) is 14.0. The van der Waals surface area contributed by atoms with Crippen molar-refractivity contribution in [1.82, 2.24) is 4.98 Å². The molecule has 7 heteroatoms. The second-order valence-corrected chi connectivity index (χ2v) is 4.65. The fourth-order valence-electron chi connectivity index (χ4n) is 1.44. The standard InChI is InChI=1S/C13H13N3O3S/c1-14-13-15-10(8-20-13)11(12(17)18)16-19-7-9-5-3-2-4-6-9/h2-6,8H,7H2,1H3,(H,14,15)(H,17,18)/b16-11-. The van der Waals surface area contributed by atoms with Crippen LogP contribution < -0.4 is 5.32 Å². The highest BCUT2D eigenvalue weighted by atomic mass is 32.1. The summed E-state index contributed by atoms with van der Waals surface area (Å²) in [5.74, 6) is -1.17. The quantitative estimate of drug-likeness (QED) is 0.629. The number of aliphatic carboxylic acids is 1. The molecule has 20 heavy (non-hydrogen) atoms. The molecule has 1 heterocycles. The van der Waals surface area contributed by atoms with E-state index in [2.05, 4.69) is 15.5 Å². The van der Waals surface area contributed by atoms with Crippen molar-refractivity contribution in [3.05, 3.63) is 47.0 Å². The Bertz CT molecular complexity index is 610. The van der Waals surface area contributed by atoms with Crippen LogP contribution in [0, 0.1) is 0 Å². The van der Waals surface area contributed by atoms with E-state index in [9.17, 15) is 4.79 Å². The number of anilines is 1. The molecule has 0 bridgehead atoms. The predicted octanol–water partition coefficient (Wildman–Crippen LogP) is 2.19. The van der Waals surface area contributed by atoms with Crippen LogP contribution in [-0.2, 0) is 16.2 Å². The van der Waals surface area contributed by atoms with Gasteiger partial charge in [-0.1, -0.05) is 35.5 Å². The Morgan fingerprint density at radius 1 is 1.45 bits per heavy atom. The maximum Gasteiger partial charge on any atom is 0.360 e. The zero-order chi connectivity index (χ0) is 14.4. The maximum absolute atomic E-state index is 11.2. The fourth-order valence-corrected chi connectivity index (χ4v) is 2.09. The van der Waals surface area contributed by atoms with E-state index in [1.165, 1.54) is 11.3 Å². The van der Waals surface area contributed by atoms with Crippen LogP contribution in [0.25, 0.3) is 0 Å². The minimum absolute atomic E-state index is 0.209. The van der Waals surface area contributed by atoms with Gasteiger partial charge in [-0.15, -0.1) is 11.3 Å². The molecule has 0 atom stereocenters. The molecule has 2 N–H and O–H groups in total. The van der Waals surface area contributed by atoms with E-state index in [1.807, 2.05) is 30.3 Å². The topological polar surface area (TPSA) is 83.8 Å². The van der Waals surface area contributed by atoms with Crippen molar-refractivity contribution in [1.29, 1.82) is 0 Å². The molecule has 2 aromatic rings. The average Bonchev–Trinajstić information content (AvgIpc) is 2.93. The van der Waals surface area contributed by atoms with Crippen LogP contribution in [0.1, 0.15) is 11.3 Å². The highest BCUT2D eigenvalue weighted by Gasteiger charge is 2.17. The summed E-state index contributed by atoms with van der Waals surface area (Å²) in [4.78, 5) is 20.4. The number of hydrogen-bond acceptors (Lipinski definition) is 6. The molecule has 0 aliphatic heterocycles. The third kappa shape index (κ3) is 3.55. The van der Waals surface area contributed by atoms with Gasteiger partial charge in [0.25, 0.3) is 0 Å². The Hall–Kier alpha value is -2.41. The summed E-state index contributed by atoms with van der Waals surface area (Å²) in [7, 11) is 1.71. The summed E-state index contributed by atoms with van der Waals surface area (Å²) in [6.45, 7) is 0.209. The monoisotopic (exact) mass is 291 g/mol. The lowest BCUT2D eigenvalue weighted by molar-refractivity contribution is -0.129. The van der Waals surface area contributed by atoms with Gasteiger partial charge in [-0.25, -0.2) is 9.78 Å². The maximum atomic E-state index is 11.2. The molecule has 0 amide bonds. The third-order valence-corrected chi connectivity index (χ3v) is 3.25. The number of thiazole rings is 1. The summed E-state index contributed by atoms with van der Waals surface area (Å²) in [6, 6.07) is 9.39. The normalized spacial score (nSPS) is 11.2. The smallest absolute Gasteiger partial charge is 0.360 e. The third-order valence-electron chi connectivity index (χ3n) is 2.39. The van der Waals surface area contributed by atoms with Crippen LogP contribution in [-0.4, -0.2) is 28.8 Å². The van der Waals surface area contributed by atoms with Crippen molar-refractivity contribution < 1.29 is 14.7 Å². The first-order valence-corrected chi connectivity index (χ1v) is 6.69. The van der Waals surface area contributed by atoms with Crippen molar-refractivity contribution >= 4 is 28.1 Å². The molecule has 0 saturated carbocycles. The van der Waals surface area contributed by atoms with Crippen LogP contribution in [0.4, 0.5) is 5.13 Å². The number of carboxylic acid groups (broad SMARTS) is 1. The molecule has 0 spiro atoms. The van der Waals surface area contributed by atoms with E-state index < -0.39 is 5.97 Å². The van der Waals surface area contributed by atoms with Gasteiger partial charge in [0.2, 0.25) is 5.71 Å². The van der Waals surface area contributed by atoms with Crippen molar-refractivity contribution in [3.63, 3.8) is 0 Å². The Labute approximate surface area is 119 Å². The number of nitrogens with zero attached hydrogens (tertiary/aromatic N) is 2. The highest BCUT2D eigenvalue weighted by Crippen LogP contribution is 2.15. The SMILES string of the molecule is CNc1nc(/C(=N/OCc2ccccc2)C(=O)O)cs1. The van der Waals surface area contributed by atoms with Crippen molar-refractivity contribution in [2.45, 2.75) is 6.61 Å². The Kier molecular flexibility index (Phi) is 4.67. The first-order chi connectivity index (χ1) is 9.70. The second-order valence-electron chi connectivity index (χ2n) is 3.79. The van der Waals surface area contributed by atoms with Gasteiger partial charge in [-0.05, 0) is 5.56 Å². The molecule has 0 aliphatic rings. The van der Waals surface area contributed by atoms with Gasteiger partial charge in [0.05, 0.1) is 0 Å². The Morgan fingerprint density at radius 2 is 2.20 bits per heavy atom. The van der Waals surface area contributed by atoms with Crippen LogP contribution in [0.5, 0.6) is 0 Å². The van der Waals surface area contributed by atoms with Crippen molar-refractivity contribution in [2.75, 3.05) is 12.4 Å². The van der Waals surface area contributed by atoms with Gasteiger partial charge in [0.15, 0.2) is 5.13 Å². The largest absolute Gasteiger partial charge is 0.476 e. The van der Waals surface area contributed by atoms with Gasteiger partial charge in [0, 0.05) is 12.4 Å². The van der Waals surface area contributed by atoms with Crippen LogP contribution in [0.2, 0.25) is 0 Å². The molecule has 2 rings (SSSR count). The molecule has 0 saturated heterocycles. The van der Waals surface area contributed by atoms with E-state index in [0.29, 0.717) is 5.13 Å². The number of aromatic nitrogens is 1. The molecule has 1 aromatic carbocycles. The number of carbonyl (C=O) groups is 1. The Morgan fingerprint density at radius 3 is 2.80 bits per heavy atom. The second kappa shape index (κ2) is 6.67. The van der Waals surface area contributed by atoms with Gasteiger partial charge >= 0.3 is 5.97 Å². The number of hydrogen-bond donors (Lipinski definition) is 2. The summed E-state index contributed by atoms with van der Waals surface area (Å²) < 4.78 is 0. The number of nitrogens with one attached hydrogen (secondary N) is 1. The molecule has 104 valence electrons. The van der Waals surface area contributed by atoms with Crippen LogP contribution in [0.15, 0.2) is 40.9 Å². The number of carboxylic acids is 1. The van der Waals surface area contributed by atoms with Crippen molar-refractivity contribution in [2.24, 2.45) is 5.16 Å². The van der Waals surface area contributed by atoms with Crippen LogP contribution >= 0.6 is 11.3 Å². The molecule has 1 aromatic heterocycles. The molecule has 0 fully saturated rings. The molecule has 0 aliphatic carbocycles. The fraction of sp³-hybridized carbons (Fsp3) is 0.154. The van der Waals surface area contributed by atoms with E-state index in [1.54, 1.807) is 12.4 Å². The summed E-state index contributed by atoms with van der Waals surface area (Å²) in [5.41, 5.74) is 0.980. The lowest BCUT2D eigenvalue weighted by Gasteiger charge is -2.01. The molecular formula is C13H13N3O3S. The van der Waals surface area contributed by atoms with E-state index in [4.69, 9.17) is 9.94 Å². The Balaban J connectivity index is 2.08. The molecular weight excluding hydrogens is 278 g/mol. The molecule has 0 unspecified atom stereocenters. The summed E-state index contributed by atoms with van der Waals surface area (Å²) >= 11 is 1.30. The minimum atomic E-state index is -1.17. The summed E-state index contributed by atoms with van der Waals surface area (Å²) in [6.07, 6.45) is 0. The van der Waals surface area contributed by atoms with Gasteiger partial charge in [0.1, 0.15) is 12.3 Å². The highest BCUT2D eigenvalue weighted by molar-refractivity contribution is 7.14. The van der Waals surface area contributed by atoms with E-state index >= 15 is 0 Å². The van der Waals surface area contributed by atoms with Gasteiger partial charge < -0.3 is 15.3 Å². The predicted molar refractivity (Wildman–Crippen MR) is 77.1 cm³/mol. The number of benzene rings is 1. The lowest BCUT2D eigenvalue weighted by atomic mass is 10.2. The van der Waals surface area contributed by atoms with Crippen LogP contribution in [0.3, 0.4) is 0 Å². The molecule has 6 nitrogen and oxygen atoms in total. The summed E-state index contributed by atoms with van der Waals surface area (Å²) in [5, 5.41) is 17.9. The average molecular weight is 291 g/mol. The van der Waals surface area contributed by atoms with Crippen molar-refractivity contribution in [3.8, 4) is 0 Å². The zero-order valence-corrected chi connectivity index (χ0v) is 11.6. The zero-order valence-electron chi connectivity index (χ0n) is 10.7. The lowest BCUT2D eigenvalue weighted by Crippen LogP contribution is -2.15. The number of oxime groups is 1. The molecule has 0 radical (unpaired) electrons.